The number of nitrogens with one attached hydrogen (secondary N) is 1. The Kier molecular flexibility index (Phi) is 3.94. The molecular weight excluding hydrogens is 316 g/mol. The zero-order valence-electron chi connectivity index (χ0n) is 13.0. The van der Waals surface area contributed by atoms with Crippen LogP contribution in [0.25, 0.3) is 0 Å². The molecule has 0 spiro atoms. The summed E-state index contributed by atoms with van der Waals surface area (Å²) >= 11 is 0. The second-order valence-corrected chi connectivity index (χ2v) is 5.09. The lowest BCUT2D eigenvalue weighted by Gasteiger charge is -2.27. The maximum Gasteiger partial charge on any atom is 0.338 e. The largest absolute Gasteiger partial charge is 0.463 e. The number of hydrogen-bond acceptors (Lipinski definition) is 8. The summed E-state index contributed by atoms with van der Waals surface area (Å²) in [5.41, 5.74) is 1.27. The minimum atomic E-state index is -0.713. The Bertz CT molecular complexity index is 843. The molecule has 1 aliphatic heterocycles. The summed E-state index contributed by atoms with van der Waals surface area (Å²) in [6, 6.07) is 5.30. The summed E-state index contributed by atoms with van der Waals surface area (Å²) in [6.45, 7) is 3.61. The first-order valence-electron chi connectivity index (χ1n) is 7.20. The molecule has 0 aliphatic carbocycles. The molecule has 1 atom stereocenters. The van der Waals surface area contributed by atoms with Crippen LogP contribution in [0.15, 0.2) is 35.5 Å². The highest BCUT2D eigenvalue weighted by Gasteiger charge is 2.35. The average Bonchev–Trinajstić information content (AvgIpc) is 3.01. The molecule has 0 amide bonds. The Labute approximate surface area is 136 Å². The van der Waals surface area contributed by atoms with E-state index in [0.717, 1.165) is 0 Å². The van der Waals surface area contributed by atoms with Gasteiger partial charge in [-0.15, -0.1) is 0 Å². The van der Waals surface area contributed by atoms with Crippen molar-refractivity contribution in [2.24, 2.45) is 0 Å². The molecule has 1 aromatic carbocycles. The van der Waals surface area contributed by atoms with Gasteiger partial charge in [0.05, 0.1) is 17.1 Å². The molecule has 0 fully saturated rings. The summed E-state index contributed by atoms with van der Waals surface area (Å²) in [5, 5.41) is 25.3. The monoisotopic (exact) mass is 330 g/mol. The highest BCUT2D eigenvalue weighted by Crippen LogP contribution is 2.35. The number of rotatable bonds is 4. The molecule has 0 saturated carbocycles. The highest BCUT2D eigenvalue weighted by molar-refractivity contribution is 5.92. The Hall–Kier alpha value is -3.30. The zero-order valence-corrected chi connectivity index (χ0v) is 13.0. The average molecular weight is 330 g/mol. The third kappa shape index (κ3) is 2.57. The Balaban J connectivity index is 2.16. The minimum Gasteiger partial charge on any atom is -0.463 e. The van der Waals surface area contributed by atoms with Gasteiger partial charge in [0.2, 0.25) is 5.95 Å². The SMILES string of the molecule is CCOC(=O)C1=C(C)Nc2nnnn2C1c1cccc([N+](=O)[O-])c1. The summed E-state index contributed by atoms with van der Waals surface area (Å²) in [7, 11) is 0. The van der Waals surface area contributed by atoms with Crippen molar-refractivity contribution in [1.29, 1.82) is 0 Å². The summed E-state index contributed by atoms with van der Waals surface area (Å²) in [4.78, 5) is 23.0. The first kappa shape index (κ1) is 15.6. The molecule has 10 nitrogen and oxygen atoms in total. The van der Waals surface area contributed by atoms with Gasteiger partial charge in [0.1, 0.15) is 6.04 Å². The van der Waals surface area contributed by atoms with Crippen LogP contribution in [0.2, 0.25) is 0 Å². The van der Waals surface area contributed by atoms with E-state index in [2.05, 4.69) is 20.8 Å². The number of tetrazole rings is 1. The molecule has 0 bridgehead atoms. The van der Waals surface area contributed by atoms with Crippen molar-refractivity contribution in [3.8, 4) is 0 Å². The number of non-ortho nitro benzene ring substituents is 1. The lowest BCUT2D eigenvalue weighted by molar-refractivity contribution is -0.384. The van der Waals surface area contributed by atoms with E-state index in [1.165, 1.54) is 16.8 Å². The van der Waals surface area contributed by atoms with Gasteiger partial charge in [-0.2, -0.15) is 4.68 Å². The number of carbonyl (C=O) groups is 1. The number of carbonyl (C=O) groups excluding carboxylic acids is 1. The Morgan fingerprint density at radius 1 is 1.50 bits per heavy atom. The van der Waals surface area contributed by atoms with E-state index < -0.39 is 16.9 Å². The number of aromatic nitrogens is 4. The quantitative estimate of drug-likeness (QED) is 0.507. The molecule has 10 heteroatoms. The number of nitro benzene ring substituents is 1. The number of allylic oxidation sites excluding steroid dienone is 1. The van der Waals surface area contributed by atoms with Crippen LogP contribution in [0.3, 0.4) is 0 Å². The van der Waals surface area contributed by atoms with Gasteiger partial charge in [-0.05, 0) is 29.8 Å². The zero-order chi connectivity index (χ0) is 17.3. The third-order valence-corrected chi connectivity index (χ3v) is 3.61. The Morgan fingerprint density at radius 2 is 2.29 bits per heavy atom. The van der Waals surface area contributed by atoms with Crippen LogP contribution in [-0.2, 0) is 9.53 Å². The molecule has 2 heterocycles. The molecule has 1 N–H and O–H groups in total. The van der Waals surface area contributed by atoms with Crippen molar-refractivity contribution >= 4 is 17.6 Å². The fourth-order valence-electron chi connectivity index (χ4n) is 2.60. The Morgan fingerprint density at radius 3 is 3.00 bits per heavy atom. The van der Waals surface area contributed by atoms with Crippen molar-refractivity contribution in [2.75, 3.05) is 11.9 Å². The van der Waals surface area contributed by atoms with Gasteiger partial charge in [0.15, 0.2) is 0 Å². The highest BCUT2D eigenvalue weighted by atomic mass is 16.6. The molecule has 2 aromatic rings. The van der Waals surface area contributed by atoms with E-state index in [0.29, 0.717) is 22.8 Å². The predicted octanol–water partition coefficient (Wildman–Crippen LogP) is 1.43. The number of nitro groups is 1. The number of anilines is 1. The molecule has 1 aliphatic rings. The van der Waals surface area contributed by atoms with Crippen molar-refractivity contribution in [3.63, 3.8) is 0 Å². The van der Waals surface area contributed by atoms with Gasteiger partial charge in [0, 0.05) is 17.8 Å². The van der Waals surface area contributed by atoms with Crippen molar-refractivity contribution in [3.05, 3.63) is 51.2 Å². The van der Waals surface area contributed by atoms with Crippen LogP contribution < -0.4 is 5.32 Å². The minimum absolute atomic E-state index is 0.0819. The fraction of sp³-hybridized carbons (Fsp3) is 0.286. The van der Waals surface area contributed by atoms with Crippen LogP contribution in [0.5, 0.6) is 0 Å². The van der Waals surface area contributed by atoms with Gasteiger partial charge < -0.3 is 10.1 Å². The van der Waals surface area contributed by atoms with E-state index in [-0.39, 0.29) is 12.3 Å². The van der Waals surface area contributed by atoms with Crippen LogP contribution in [-0.4, -0.2) is 37.7 Å². The molecule has 3 rings (SSSR count). The van der Waals surface area contributed by atoms with Crippen molar-refractivity contribution in [2.45, 2.75) is 19.9 Å². The number of ether oxygens (including phenoxy) is 1. The van der Waals surface area contributed by atoms with Crippen LogP contribution in [0, 0.1) is 10.1 Å². The molecule has 124 valence electrons. The van der Waals surface area contributed by atoms with Crippen LogP contribution >= 0.6 is 0 Å². The smallest absolute Gasteiger partial charge is 0.338 e. The number of hydrogen-bond donors (Lipinski definition) is 1. The lowest BCUT2D eigenvalue weighted by atomic mass is 9.95. The standard InChI is InChI=1S/C14H14N6O4/c1-3-24-13(21)11-8(2)15-14-16-17-18-19(14)12(11)9-5-4-6-10(7-9)20(22)23/h4-7,12H,3H2,1-2H3,(H,15,16,18). The maximum atomic E-state index is 12.4. The lowest BCUT2D eigenvalue weighted by Crippen LogP contribution is -2.29. The van der Waals surface area contributed by atoms with Crippen LogP contribution in [0.1, 0.15) is 25.5 Å². The summed E-state index contributed by atoms with van der Waals surface area (Å²) in [5.74, 6) is -0.183. The van der Waals surface area contributed by atoms with Gasteiger partial charge in [-0.25, -0.2) is 4.79 Å². The van der Waals surface area contributed by atoms with E-state index in [4.69, 9.17) is 4.74 Å². The normalized spacial score (nSPS) is 16.3. The second kappa shape index (κ2) is 6.07. The molecule has 1 aromatic heterocycles. The number of fused-ring (bicyclic) bond motifs is 1. The summed E-state index contributed by atoms with van der Waals surface area (Å²) in [6.07, 6.45) is 0. The van der Waals surface area contributed by atoms with Gasteiger partial charge >= 0.3 is 5.97 Å². The van der Waals surface area contributed by atoms with Crippen molar-refractivity contribution < 1.29 is 14.5 Å². The second-order valence-electron chi connectivity index (χ2n) is 5.09. The van der Waals surface area contributed by atoms with E-state index >= 15 is 0 Å². The maximum absolute atomic E-state index is 12.4. The number of nitrogens with zero attached hydrogens (tertiary/aromatic N) is 5. The van der Waals surface area contributed by atoms with E-state index in [1.54, 1.807) is 26.0 Å². The summed E-state index contributed by atoms with van der Waals surface area (Å²) < 4.78 is 6.52. The number of benzene rings is 1. The predicted molar refractivity (Wildman–Crippen MR) is 82.0 cm³/mol. The first-order chi connectivity index (χ1) is 11.5. The number of esters is 1. The van der Waals surface area contributed by atoms with E-state index in [1.807, 2.05) is 0 Å². The van der Waals surface area contributed by atoms with Crippen LogP contribution in [0.4, 0.5) is 11.6 Å². The topological polar surface area (TPSA) is 125 Å². The molecule has 0 saturated heterocycles. The van der Waals surface area contributed by atoms with Gasteiger partial charge in [-0.3, -0.25) is 10.1 Å². The third-order valence-electron chi connectivity index (χ3n) is 3.61. The molecule has 1 unspecified atom stereocenters. The molecule has 24 heavy (non-hydrogen) atoms. The van der Waals surface area contributed by atoms with E-state index in [9.17, 15) is 14.9 Å². The molecule has 0 radical (unpaired) electrons. The first-order valence-corrected chi connectivity index (χ1v) is 7.20. The van der Waals surface area contributed by atoms with Crippen molar-refractivity contribution in [1.82, 2.24) is 20.2 Å². The fourth-order valence-corrected chi connectivity index (χ4v) is 2.60. The molecular formula is C14H14N6O4. The van der Waals surface area contributed by atoms with Gasteiger partial charge in [-0.1, -0.05) is 17.2 Å². The van der Waals surface area contributed by atoms with Gasteiger partial charge in [0.25, 0.3) is 5.69 Å².